The van der Waals surface area contributed by atoms with Crippen molar-refractivity contribution in [1.82, 2.24) is 25.1 Å². The molecule has 188 valence electrons. The SMILES string of the molecule is Cc1ccc(-c2ccoc2)c2cc(-c3[nH]nc4ncc(-c5cncc(NC(=O)C6CCCC6)c5)cc34)[nH]c12. The summed E-state index contributed by atoms with van der Waals surface area (Å²) in [5.74, 6) is 0.176. The second kappa shape index (κ2) is 8.99. The third kappa shape index (κ3) is 3.85. The number of aryl methyl sites for hydroxylation is 1. The molecule has 1 aliphatic carbocycles. The van der Waals surface area contributed by atoms with Gasteiger partial charge in [0.1, 0.15) is 0 Å². The standard InChI is InChI=1S/C30H26N6O2/c1-17-6-7-23(19-8-9-38-16-19)24-12-26(34-27(17)24)28-25-11-21(14-32-29(25)36-35-28)20-10-22(15-31-13-20)33-30(37)18-4-2-3-5-18/h6-16,18,34H,2-5H2,1H3,(H,33,37)(H,32,35,36). The Balaban J connectivity index is 1.26. The summed E-state index contributed by atoms with van der Waals surface area (Å²) in [6, 6.07) is 12.4. The molecular weight excluding hydrogens is 476 g/mol. The van der Waals surface area contributed by atoms with E-state index in [1.807, 2.05) is 12.1 Å². The highest BCUT2D eigenvalue weighted by molar-refractivity contribution is 6.02. The van der Waals surface area contributed by atoms with Crippen LogP contribution in [-0.4, -0.2) is 31.1 Å². The van der Waals surface area contributed by atoms with Crippen LogP contribution in [0.2, 0.25) is 0 Å². The third-order valence-corrected chi connectivity index (χ3v) is 7.58. The van der Waals surface area contributed by atoms with Gasteiger partial charge < -0.3 is 14.7 Å². The molecule has 6 aromatic rings. The molecule has 8 heteroatoms. The number of aromatic nitrogens is 5. The molecule has 0 atom stereocenters. The summed E-state index contributed by atoms with van der Waals surface area (Å²) in [5.41, 5.74) is 9.26. The third-order valence-electron chi connectivity index (χ3n) is 7.58. The van der Waals surface area contributed by atoms with E-state index in [4.69, 9.17) is 4.42 Å². The molecule has 8 nitrogen and oxygen atoms in total. The number of furan rings is 1. The van der Waals surface area contributed by atoms with Crippen LogP contribution in [0.1, 0.15) is 31.2 Å². The summed E-state index contributed by atoms with van der Waals surface area (Å²) in [7, 11) is 0. The molecule has 3 N–H and O–H groups in total. The van der Waals surface area contributed by atoms with Crippen molar-refractivity contribution < 1.29 is 9.21 Å². The van der Waals surface area contributed by atoms with Gasteiger partial charge in [0.15, 0.2) is 5.65 Å². The summed E-state index contributed by atoms with van der Waals surface area (Å²) in [4.78, 5) is 25.2. The Kier molecular flexibility index (Phi) is 5.32. The molecule has 1 fully saturated rings. The molecule has 1 aliphatic rings. The predicted octanol–water partition coefficient (Wildman–Crippen LogP) is 6.87. The van der Waals surface area contributed by atoms with E-state index >= 15 is 0 Å². The summed E-state index contributed by atoms with van der Waals surface area (Å²) in [6.07, 6.45) is 12.9. The zero-order chi connectivity index (χ0) is 25.6. The van der Waals surface area contributed by atoms with Gasteiger partial charge in [-0.1, -0.05) is 25.0 Å². The quantitative estimate of drug-likeness (QED) is 0.238. The van der Waals surface area contributed by atoms with Crippen LogP contribution in [0.3, 0.4) is 0 Å². The lowest BCUT2D eigenvalue weighted by molar-refractivity contribution is -0.119. The summed E-state index contributed by atoms with van der Waals surface area (Å²) in [6.45, 7) is 2.10. The fourth-order valence-electron chi connectivity index (χ4n) is 5.52. The number of rotatable bonds is 5. The van der Waals surface area contributed by atoms with Gasteiger partial charge in [0.05, 0.1) is 35.8 Å². The maximum atomic E-state index is 12.6. The molecule has 0 unspecified atom stereocenters. The van der Waals surface area contributed by atoms with Crippen LogP contribution in [0.5, 0.6) is 0 Å². The molecule has 7 rings (SSSR count). The van der Waals surface area contributed by atoms with Crippen molar-refractivity contribution in [2.45, 2.75) is 32.6 Å². The molecule has 0 radical (unpaired) electrons. The smallest absolute Gasteiger partial charge is 0.227 e. The lowest BCUT2D eigenvalue weighted by Crippen LogP contribution is -2.20. The average Bonchev–Trinajstić information content (AvgIpc) is 3.74. The fourth-order valence-corrected chi connectivity index (χ4v) is 5.52. The predicted molar refractivity (Wildman–Crippen MR) is 147 cm³/mol. The second-order valence-corrected chi connectivity index (χ2v) is 10.0. The van der Waals surface area contributed by atoms with Crippen LogP contribution in [0.25, 0.3) is 55.6 Å². The number of pyridine rings is 2. The number of carbonyl (C=O) groups is 1. The lowest BCUT2D eigenvalue weighted by Gasteiger charge is -2.11. The minimum Gasteiger partial charge on any atom is -0.472 e. The highest BCUT2D eigenvalue weighted by atomic mass is 16.3. The van der Waals surface area contributed by atoms with E-state index in [2.05, 4.69) is 61.7 Å². The maximum absolute atomic E-state index is 12.6. The summed E-state index contributed by atoms with van der Waals surface area (Å²) in [5, 5.41) is 12.7. The van der Waals surface area contributed by atoms with Crippen molar-refractivity contribution in [1.29, 1.82) is 0 Å². The number of nitrogens with one attached hydrogen (secondary N) is 3. The van der Waals surface area contributed by atoms with Gasteiger partial charge in [0.25, 0.3) is 0 Å². The van der Waals surface area contributed by atoms with Crippen molar-refractivity contribution in [3.05, 3.63) is 73.1 Å². The topological polar surface area (TPSA) is 112 Å². The van der Waals surface area contributed by atoms with Gasteiger partial charge in [0, 0.05) is 51.3 Å². The van der Waals surface area contributed by atoms with Gasteiger partial charge in [-0.25, -0.2) is 4.98 Å². The first-order valence-corrected chi connectivity index (χ1v) is 12.9. The van der Waals surface area contributed by atoms with Gasteiger partial charge in [0.2, 0.25) is 5.91 Å². The van der Waals surface area contributed by atoms with E-state index in [1.54, 1.807) is 31.1 Å². The highest BCUT2D eigenvalue weighted by Gasteiger charge is 2.23. The van der Waals surface area contributed by atoms with Crippen LogP contribution in [-0.2, 0) is 4.79 Å². The minimum absolute atomic E-state index is 0.0797. The van der Waals surface area contributed by atoms with Crippen molar-refractivity contribution >= 4 is 33.5 Å². The first kappa shape index (κ1) is 22.5. The van der Waals surface area contributed by atoms with Crippen molar-refractivity contribution in [2.24, 2.45) is 5.92 Å². The van der Waals surface area contributed by atoms with E-state index in [-0.39, 0.29) is 11.8 Å². The van der Waals surface area contributed by atoms with E-state index in [0.29, 0.717) is 11.3 Å². The minimum atomic E-state index is 0.0797. The lowest BCUT2D eigenvalue weighted by atomic mass is 10.0. The van der Waals surface area contributed by atoms with Crippen LogP contribution in [0.4, 0.5) is 5.69 Å². The summed E-state index contributed by atoms with van der Waals surface area (Å²) >= 11 is 0. The zero-order valence-electron chi connectivity index (χ0n) is 20.9. The first-order chi connectivity index (χ1) is 18.6. The van der Waals surface area contributed by atoms with E-state index < -0.39 is 0 Å². The molecule has 0 saturated heterocycles. The Morgan fingerprint density at radius 2 is 1.87 bits per heavy atom. The molecular formula is C30H26N6O2. The van der Waals surface area contributed by atoms with Crippen LogP contribution >= 0.6 is 0 Å². The Labute approximate surface area is 218 Å². The first-order valence-electron chi connectivity index (χ1n) is 12.9. The fraction of sp³-hybridized carbons (Fsp3) is 0.200. The van der Waals surface area contributed by atoms with Gasteiger partial charge in [-0.15, -0.1) is 0 Å². The Hall–Kier alpha value is -4.72. The van der Waals surface area contributed by atoms with Gasteiger partial charge in [-0.3, -0.25) is 14.9 Å². The molecule has 1 amide bonds. The second-order valence-electron chi connectivity index (χ2n) is 10.0. The van der Waals surface area contributed by atoms with Crippen LogP contribution in [0, 0.1) is 12.8 Å². The number of benzene rings is 1. The van der Waals surface area contributed by atoms with Crippen molar-refractivity contribution in [2.75, 3.05) is 5.32 Å². The number of carbonyl (C=O) groups excluding carboxylic acids is 1. The Morgan fingerprint density at radius 3 is 2.71 bits per heavy atom. The molecule has 0 bridgehead atoms. The zero-order valence-corrected chi connectivity index (χ0v) is 20.9. The van der Waals surface area contributed by atoms with Crippen molar-refractivity contribution in [3.8, 4) is 33.6 Å². The van der Waals surface area contributed by atoms with Gasteiger partial charge in [-0.2, -0.15) is 5.10 Å². The number of fused-ring (bicyclic) bond motifs is 2. The number of hydrogen-bond acceptors (Lipinski definition) is 5. The van der Waals surface area contributed by atoms with E-state index in [0.717, 1.165) is 81.2 Å². The van der Waals surface area contributed by atoms with Crippen LogP contribution < -0.4 is 5.32 Å². The normalized spacial score (nSPS) is 14.0. The number of amides is 1. The van der Waals surface area contributed by atoms with E-state index in [1.165, 1.54) is 0 Å². The number of nitrogens with zero attached hydrogens (tertiary/aromatic N) is 3. The maximum Gasteiger partial charge on any atom is 0.227 e. The Bertz CT molecular complexity index is 1790. The summed E-state index contributed by atoms with van der Waals surface area (Å²) < 4.78 is 5.33. The monoisotopic (exact) mass is 502 g/mol. The van der Waals surface area contributed by atoms with Gasteiger partial charge in [-0.05, 0) is 55.2 Å². The average molecular weight is 503 g/mol. The molecule has 38 heavy (non-hydrogen) atoms. The van der Waals surface area contributed by atoms with Crippen LogP contribution in [0.15, 0.2) is 71.9 Å². The molecule has 1 aromatic carbocycles. The number of H-pyrrole nitrogens is 2. The molecule has 5 heterocycles. The molecule has 0 spiro atoms. The molecule has 5 aromatic heterocycles. The molecule has 1 saturated carbocycles. The number of aromatic amines is 2. The largest absolute Gasteiger partial charge is 0.472 e. The highest BCUT2D eigenvalue weighted by Crippen LogP contribution is 2.36. The Morgan fingerprint density at radius 1 is 1.00 bits per heavy atom. The number of anilines is 1. The van der Waals surface area contributed by atoms with E-state index in [9.17, 15) is 4.79 Å². The van der Waals surface area contributed by atoms with Crippen molar-refractivity contribution in [3.63, 3.8) is 0 Å². The molecule has 0 aliphatic heterocycles. The van der Waals surface area contributed by atoms with Gasteiger partial charge >= 0.3 is 0 Å². The number of hydrogen-bond donors (Lipinski definition) is 3.